The van der Waals surface area contributed by atoms with Gasteiger partial charge in [0, 0.05) is 0 Å². The molecule has 2 heteroatoms. The number of carbonyl (C=O) groups is 1. The van der Waals surface area contributed by atoms with Crippen LogP contribution in [0.3, 0.4) is 0 Å². The van der Waals surface area contributed by atoms with E-state index in [1.807, 2.05) is 18.2 Å². The minimum absolute atomic E-state index is 0.277. The Hall–Kier alpha value is -1.31. The molecule has 2 nitrogen and oxygen atoms in total. The Labute approximate surface area is 109 Å². The van der Waals surface area contributed by atoms with E-state index in [4.69, 9.17) is 4.74 Å². The molecule has 1 aromatic rings. The first-order valence-corrected chi connectivity index (χ1v) is 6.74. The highest BCUT2D eigenvalue weighted by Gasteiger charge is 2.40. The zero-order valence-corrected chi connectivity index (χ0v) is 11.5. The molecule has 1 fully saturated rings. The van der Waals surface area contributed by atoms with Gasteiger partial charge in [0.25, 0.3) is 0 Å². The summed E-state index contributed by atoms with van der Waals surface area (Å²) in [5.74, 6) is 1.87. The molecule has 0 radical (unpaired) electrons. The fourth-order valence-corrected chi connectivity index (χ4v) is 3.02. The lowest BCUT2D eigenvalue weighted by Gasteiger charge is -2.38. The lowest BCUT2D eigenvalue weighted by molar-refractivity contribution is -0.124. The summed E-state index contributed by atoms with van der Waals surface area (Å²) in [5.41, 5.74) is 0.849. The number of carbonyl (C=O) groups excluding carboxylic acids is 1. The van der Waals surface area contributed by atoms with Gasteiger partial charge in [0.2, 0.25) is 0 Å². The topological polar surface area (TPSA) is 26.3 Å². The number of ketones is 1. The van der Waals surface area contributed by atoms with Gasteiger partial charge < -0.3 is 4.74 Å². The highest BCUT2D eigenvalue weighted by molar-refractivity contribution is 5.88. The van der Waals surface area contributed by atoms with Crippen LogP contribution < -0.4 is 4.74 Å². The Morgan fingerprint density at radius 2 is 2.00 bits per heavy atom. The van der Waals surface area contributed by atoms with Gasteiger partial charge in [0.1, 0.15) is 11.5 Å². The summed E-state index contributed by atoms with van der Waals surface area (Å²) in [7, 11) is 1.67. The van der Waals surface area contributed by atoms with Crippen LogP contribution in [0, 0.1) is 5.92 Å². The van der Waals surface area contributed by atoms with Crippen LogP contribution in [0.1, 0.15) is 45.1 Å². The summed E-state index contributed by atoms with van der Waals surface area (Å²) in [6.45, 7) is 4.01. The van der Waals surface area contributed by atoms with Crippen molar-refractivity contribution in [2.75, 3.05) is 7.11 Å². The largest absolute Gasteiger partial charge is 0.497 e. The van der Waals surface area contributed by atoms with Gasteiger partial charge in [-0.25, -0.2) is 0 Å². The fraction of sp³-hybridized carbons (Fsp3) is 0.562. The first-order valence-electron chi connectivity index (χ1n) is 6.74. The van der Waals surface area contributed by atoms with E-state index in [0.717, 1.165) is 42.9 Å². The predicted molar refractivity (Wildman–Crippen MR) is 73.0 cm³/mol. The highest BCUT2D eigenvalue weighted by atomic mass is 16.5. The second kappa shape index (κ2) is 5.13. The van der Waals surface area contributed by atoms with Gasteiger partial charge in [-0.1, -0.05) is 19.1 Å². The van der Waals surface area contributed by atoms with E-state index in [1.165, 1.54) is 0 Å². The first kappa shape index (κ1) is 13.1. The average Bonchev–Trinajstić information content (AvgIpc) is 2.39. The van der Waals surface area contributed by atoms with Gasteiger partial charge in [-0.15, -0.1) is 0 Å². The zero-order valence-electron chi connectivity index (χ0n) is 11.5. The lowest BCUT2D eigenvalue weighted by Crippen LogP contribution is -2.38. The molecule has 1 aromatic carbocycles. The van der Waals surface area contributed by atoms with Crippen molar-refractivity contribution >= 4 is 5.78 Å². The van der Waals surface area contributed by atoms with Crippen LogP contribution in [-0.2, 0) is 10.2 Å². The van der Waals surface area contributed by atoms with Crippen LogP contribution in [-0.4, -0.2) is 12.9 Å². The summed E-state index contributed by atoms with van der Waals surface area (Å²) >= 11 is 0. The molecule has 0 saturated heterocycles. The Morgan fingerprint density at radius 1 is 1.33 bits per heavy atom. The molecule has 0 heterocycles. The molecule has 18 heavy (non-hydrogen) atoms. The van der Waals surface area contributed by atoms with Crippen LogP contribution in [0.5, 0.6) is 5.75 Å². The monoisotopic (exact) mass is 246 g/mol. The van der Waals surface area contributed by atoms with E-state index in [2.05, 4.69) is 13.0 Å². The van der Waals surface area contributed by atoms with Crippen molar-refractivity contribution in [2.45, 2.75) is 44.9 Å². The van der Waals surface area contributed by atoms with E-state index >= 15 is 0 Å². The van der Waals surface area contributed by atoms with Crippen LogP contribution >= 0.6 is 0 Å². The van der Waals surface area contributed by atoms with Gasteiger partial charge >= 0.3 is 0 Å². The smallest absolute Gasteiger partial charge is 0.140 e. The van der Waals surface area contributed by atoms with Crippen molar-refractivity contribution in [2.24, 2.45) is 5.92 Å². The van der Waals surface area contributed by atoms with Crippen molar-refractivity contribution in [3.05, 3.63) is 29.8 Å². The van der Waals surface area contributed by atoms with E-state index in [1.54, 1.807) is 14.0 Å². The van der Waals surface area contributed by atoms with Crippen LogP contribution in [0.25, 0.3) is 0 Å². The maximum Gasteiger partial charge on any atom is 0.140 e. The molecule has 1 saturated carbocycles. The molecule has 0 amide bonds. The van der Waals surface area contributed by atoms with Crippen molar-refractivity contribution in [1.82, 2.24) is 0 Å². The number of benzene rings is 1. The summed E-state index contributed by atoms with van der Waals surface area (Å²) in [5, 5.41) is 0. The number of Topliss-reactive ketones (excluding diaryl/α,β-unsaturated/α-hetero) is 1. The highest BCUT2D eigenvalue weighted by Crippen LogP contribution is 2.42. The van der Waals surface area contributed by atoms with E-state index in [0.29, 0.717) is 5.78 Å². The minimum Gasteiger partial charge on any atom is -0.497 e. The van der Waals surface area contributed by atoms with Crippen LogP contribution in [0.4, 0.5) is 0 Å². The molecular weight excluding hydrogens is 224 g/mol. The van der Waals surface area contributed by atoms with Crippen molar-refractivity contribution in [3.8, 4) is 5.75 Å². The summed E-state index contributed by atoms with van der Waals surface area (Å²) in [6, 6.07) is 8.01. The van der Waals surface area contributed by atoms with Gasteiger partial charge in [-0.05, 0) is 56.2 Å². The minimum atomic E-state index is -0.277. The molecule has 0 aromatic heterocycles. The van der Waals surface area contributed by atoms with E-state index < -0.39 is 0 Å². The van der Waals surface area contributed by atoms with Gasteiger partial charge in [0.05, 0.1) is 12.5 Å². The maximum absolute atomic E-state index is 12.2. The average molecular weight is 246 g/mol. The molecule has 0 spiro atoms. The normalized spacial score (nSPS) is 27.8. The van der Waals surface area contributed by atoms with Crippen molar-refractivity contribution in [1.29, 1.82) is 0 Å². The Kier molecular flexibility index (Phi) is 3.74. The Morgan fingerprint density at radius 3 is 2.56 bits per heavy atom. The molecule has 2 rings (SSSR count). The Balaban J connectivity index is 2.38. The second-order valence-corrected chi connectivity index (χ2v) is 5.55. The van der Waals surface area contributed by atoms with Crippen molar-refractivity contribution < 1.29 is 9.53 Å². The molecule has 0 bridgehead atoms. The third-order valence-electron chi connectivity index (χ3n) is 4.42. The third-order valence-corrected chi connectivity index (χ3v) is 4.42. The molecule has 0 atom stereocenters. The molecule has 0 N–H and O–H groups in total. The van der Waals surface area contributed by atoms with Gasteiger partial charge in [-0.3, -0.25) is 4.79 Å². The first-order chi connectivity index (χ1) is 8.58. The number of rotatable bonds is 3. The van der Waals surface area contributed by atoms with Gasteiger partial charge in [0.15, 0.2) is 0 Å². The molecular formula is C16H22O2. The number of methoxy groups -OCH3 is 1. The van der Waals surface area contributed by atoms with Crippen LogP contribution in [0.15, 0.2) is 24.3 Å². The Bertz CT molecular complexity index is 428. The van der Waals surface area contributed by atoms with E-state index in [-0.39, 0.29) is 5.41 Å². The van der Waals surface area contributed by atoms with Gasteiger partial charge in [-0.2, -0.15) is 0 Å². The number of hydrogen-bond acceptors (Lipinski definition) is 2. The maximum atomic E-state index is 12.2. The third kappa shape index (κ3) is 2.29. The second-order valence-electron chi connectivity index (χ2n) is 5.55. The summed E-state index contributed by atoms with van der Waals surface area (Å²) in [4.78, 5) is 12.2. The molecule has 1 aliphatic carbocycles. The molecule has 0 aliphatic heterocycles. The lowest BCUT2D eigenvalue weighted by atomic mass is 9.65. The SMILES string of the molecule is COc1cccc(C2(C(C)=O)CCC(C)CC2)c1. The molecule has 0 unspecified atom stereocenters. The number of hydrogen-bond donors (Lipinski definition) is 0. The predicted octanol–water partition coefficient (Wildman–Crippen LogP) is 3.73. The summed E-state index contributed by atoms with van der Waals surface area (Å²) < 4.78 is 5.28. The molecule has 1 aliphatic rings. The van der Waals surface area contributed by atoms with Crippen LogP contribution in [0.2, 0.25) is 0 Å². The standard InChI is InChI=1S/C16H22O2/c1-12-7-9-16(10-8-12,13(2)17)14-5-4-6-15(11-14)18-3/h4-6,11-12H,7-10H2,1-3H3. The zero-order chi connectivity index (χ0) is 13.2. The molecule has 98 valence electrons. The number of ether oxygens (including phenoxy) is 1. The quantitative estimate of drug-likeness (QED) is 0.812. The summed E-state index contributed by atoms with van der Waals surface area (Å²) in [6.07, 6.45) is 4.21. The fourth-order valence-electron chi connectivity index (χ4n) is 3.02. The van der Waals surface area contributed by atoms with Crippen molar-refractivity contribution in [3.63, 3.8) is 0 Å². The van der Waals surface area contributed by atoms with E-state index in [9.17, 15) is 4.79 Å².